The number of alkyl halides is 6. The van der Waals surface area contributed by atoms with Crippen LogP contribution in [0, 0.1) is 22.7 Å². The Balaban J connectivity index is 0.000000217. The summed E-state index contributed by atoms with van der Waals surface area (Å²) in [6.45, 7) is 7.05. The lowest BCUT2D eigenvalue weighted by molar-refractivity contribution is -0.139. The highest BCUT2D eigenvalue weighted by atomic mass is 19.4. The Hall–Kier alpha value is -6.71. The number of amides is 2. The fourth-order valence-corrected chi connectivity index (χ4v) is 5.78. The second-order valence-corrected chi connectivity index (χ2v) is 12.9. The highest BCUT2D eigenvalue weighted by Gasteiger charge is 2.35. The van der Waals surface area contributed by atoms with Gasteiger partial charge in [-0.05, 0) is 31.5 Å². The molecular formula is C38H36F6N10O5. The van der Waals surface area contributed by atoms with E-state index in [-0.39, 0.29) is 41.8 Å². The Morgan fingerprint density at radius 3 is 1.81 bits per heavy atom. The molecule has 2 atom stereocenters. The highest BCUT2D eigenvalue weighted by Crippen LogP contribution is 2.33. The molecule has 21 heteroatoms. The summed E-state index contributed by atoms with van der Waals surface area (Å²) >= 11 is 0. The van der Waals surface area contributed by atoms with Crippen LogP contribution in [-0.4, -0.2) is 104 Å². The molecule has 2 aliphatic rings. The van der Waals surface area contributed by atoms with Crippen LogP contribution in [0.4, 0.5) is 35.9 Å². The number of ether oxygens (including phenoxy) is 2. The SMILES string of the molecule is C[C@@H]1CN(Cc2cnccc2C(F)(F)F)CCN1C(=O)Oc1cncc(C#N)c1.C[C@@H]1CNCCN1C(=O)Oc1cncc(C#N)c1.O=Cc1cnccc1C(F)(F)F. The summed E-state index contributed by atoms with van der Waals surface area (Å²) in [6, 6.07) is 8.33. The molecule has 0 spiro atoms. The third-order valence-electron chi connectivity index (χ3n) is 8.66. The van der Waals surface area contributed by atoms with Crippen molar-refractivity contribution in [1.29, 1.82) is 10.5 Å². The number of hydrogen-bond donors (Lipinski definition) is 1. The number of aldehydes is 1. The molecule has 2 amide bonds. The fraction of sp³-hybridized carbons (Fsp3) is 0.342. The first-order valence-corrected chi connectivity index (χ1v) is 17.6. The molecule has 0 unspecified atom stereocenters. The highest BCUT2D eigenvalue weighted by molar-refractivity contribution is 5.76. The molecule has 0 bridgehead atoms. The Morgan fingerprint density at radius 2 is 1.32 bits per heavy atom. The average Bonchev–Trinajstić information content (AvgIpc) is 3.21. The lowest BCUT2D eigenvalue weighted by Crippen LogP contribution is -2.54. The Bertz CT molecular complexity index is 2160. The molecular weight excluding hydrogens is 790 g/mol. The number of rotatable bonds is 5. The number of carbonyl (C=O) groups excluding carboxylic acids is 3. The van der Waals surface area contributed by atoms with Gasteiger partial charge in [-0.25, -0.2) is 9.59 Å². The minimum Gasteiger partial charge on any atom is -0.408 e. The number of carbonyl (C=O) groups is 3. The van der Waals surface area contributed by atoms with Crippen LogP contribution in [0.3, 0.4) is 0 Å². The van der Waals surface area contributed by atoms with Crippen molar-refractivity contribution in [3.05, 3.63) is 107 Å². The van der Waals surface area contributed by atoms with Gasteiger partial charge in [-0.1, -0.05) is 0 Å². The van der Waals surface area contributed by atoms with Crippen LogP contribution in [-0.2, 0) is 18.9 Å². The van der Waals surface area contributed by atoms with Gasteiger partial charge in [-0.3, -0.25) is 29.6 Å². The van der Waals surface area contributed by atoms with Gasteiger partial charge in [-0.2, -0.15) is 36.9 Å². The number of piperazine rings is 2. The van der Waals surface area contributed by atoms with Gasteiger partial charge in [0.05, 0.1) is 34.6 Å². The first kappa shape index (κ1) is 45.0. The third-order valence-corrected chi connectivity index (χ3v) is 8.66. The molecule has 0 saturated carbocycles. The van der Waals surface area contributed by atoms with Crippen LogP contribution in [0.2, 0.25) is 0 Å². The van der Waals surface area contributed by atoms with Crippen molar-refractivity contribution >= 4 is 18.5 Å². The van der Waals surface area contributed by atoms with E-state index >= 15 is 0 Å². The molecule has 1 N–H and O–H groups in total. The Kier molecular flexibility index (Phi) is 15.7. The lowest BCUT2D eigenvalue weighted by Gasteiger charge is -2.39. The maximum Gasteiger partial charge on any atom is 0.417 e. The van der Waals surface area contributed by atoms with Gasteiger partial charge < -0.3 is 24.6 Å². The first-order valence-electron chi connectivity index (χ1n) is 17.6. The van der Waals surface area contributed by atoms with Crippen LogP contribution in [0.15, 0.2) is 73.8 Å². The van der Waals surface area contributed by atoms with E-state index in [9.17, 15) is 40.7 Å². The fourth-order valence-electron chi connectivity index (χ4n) is 5.78. The predicted molar refractivity (Wildman–Crippen MR) is 194 cm³/mol. The molecule has 59 heavy (non-hydrogen) atoms. The quantitative estimate of drug-likeness (QED) is 0.190. The van der Waals surface area contributed by atoms with Gasteiger partial charge in [0.1, 0.15) is 12.1 Å². The zero-order valence-corrected chi connectivity index (χ0v) is 31.4. The monoisotopic (exact) mass is 826 g/mol. The Morgan fingerprint density at radius 1 is 0.780 bits per heavy atom. The molecule has 0 radical (unpaired) electrons. The molecule has 4 aromatic heterocycles. The topological polar surface area (TPSA) is 191 Å². The minimum absolute atomic E-state index is 0.0873. The molecule has 0 aromatic carbocycles. The number of halogens is 6. The van der Waals surface area contributed by atoms with Crippen molar-refractivity contribution in [2.24, 2.45) is 0 Å². The summed E-state index contributed by atoms with van der Waals surface area (Å²) in [6.07, 6.45) is -0.0270. The largest absolute Gasteiger partial charge is 0.417 e. The molecule has 4 aromatic rings. The predicted octanol–water partition coefficient (Wildman–Crippen LogP) is 5.73. The van der Waals surface area contributed by atoms with Crippen molar-refractivity contribution in [2.75, 3.05) is 39.3 Å². The average molecular weight is 827 g/mol. The normalized spacial score (nSPS) is 16.8. The van der Waals surface area contributed by atoms with Gasteiger partial charge in [0.15, 0.2) is 17.8 Å². The molecule has 6 heterocycles. The van der Waals surface area contributed by atoms with Crippen molar-refractivity contribution in [2.45, 2.75) is 44.8 Å². The van der Waals surface area contributed by atoms with Crippen molar-refractivity contribution in [3.8, 4) is 23.6 Å². The molecule has 2 fully saturated rings. The van der Waals surface area contributed by atoms with Gasteiger partial charge in [0.2, 0.25) is 0 Å². The zero-order chi connectivity index (χ0) is 43.2. The smallest absolute Gasteiger partial charge is 0.408 e. The molecule has 310 valence electrons. The van der Waals surface area contributed by atoms with Crippen molar-refractivity contribution < 1.29 is 50.2 Å². The summed E-state index contributed by atoms with van der Waals surface area (Å²) in [5.74, 6) is 0.457. The second-order valence-electron chi connectivity index (χ2n) is 12.9. The maximum absolute atomic E-state index is 13.2. The van der Waals surface area contributed by atoms with Crippen LogP contribution >= 0.6 is 0 Å². The van der Waals surface area contributed by atoms with E-state index in [0.29, 0.717) is 37.5 Å². The van der Waals surface area contributed by atoms with E-state index in [1.54, 1.807) is 11.8 Å². The van der Waals surface area contributed by atoms with Gasteiger partial charge in [-0.15, -0.1) is 0 Å². The molecule has 0 aliphatic carbocycles. The standard InChI is InChI=1S/C19H18F3N5O2.C12H14N4O2.C7H4F3NO/c1-13-11-26(12-15-9-24-3-2-17(15)19(20,21)22)4-5-27(13)18(28)29-16-6-14(7-23)8-25-10-16;1-9-6-14-2-3-16(9)12(17)18-11-4-10(5-13)7-15-8-11;8-7(9,10)6-1-2-11-3-5(6)4-12/h2-3,6,8-10,13H,4-5,11-12H2,1H3;4,7-9,14H,2-3,6H2,1H3;1-4H/t13-;9-;/m11./s1. The van der Waals surface area contributed by atoms with E-state index in [0.717, 1.165) is 43.8 Å². The summed E-state index contributed by atoms with van der Waals surface area (Å²) in [5.41, 5.74) is -1.36. The van der Waals surface area contributed by atoms with E-state index < -0.39 is 41.2 Å². The molecule has 2 saturated heterocycles. The van der Waals surface area contributed by atoms with Gasteiger partial charge in [0.25, 0.3) is 0 Å². The van der Waals surface area contributed by atoms with E-state index in [1.807, 2.05) is 24.0 Å². The number of nitriles is 2. The van der Waals surface area contributed by atoms with E-state index in [2.05, 4.69) is 25.3 Å². The van der Waals surface area contributed by atoms with E-state index in [4.69, 9.17) is 20.0 Å². The number of pyridine rings is 4. The number of aromatic nitrogens is 4. The molecule has 2 aliphatic heterocycles. The van der Waals surface area contributed by atoms with Crippen LogP contribution in [0.5, 0.6) is 11.5 Å². The third kappa shape index (κ3) is 13.2. The Labute approximate surface area is 333 Å². The van der Waals surface area contributed by atoms with Gasteiger partial charge >= 0.3 is 24.5 Å². The second kappa shape index (κ2) is 20.6. The molecule has 15 nitrogen and oxygen atoms in total. The van der Waals surface area contributed by atoms with Crippen molar-refractivity contribution in [1.82, 2.24) is 40.0 Å². The zero-order valence-electron chi connectivity index (χ0n) is 31.4. The van der Waals surface area contributed by atoms with Crippen LogP contribution in [0.1, 0.15) is 52.0 Å². The lowest BCUT2D eigenvalue weighted by atomic mass is 10.1. The summed E-state index contributed by atoms with van der Waals surface area (Å²) < 4.78 is 86.1. The summed E-state index contributed by atoms with van der Waals surface area (Å²) in [4.78, 5) is 54.4. The van der Waals surface area contributed by atoms with Crippen LogP contribution < -0.4 is 14.8 Å². The number of nitrogens with zero attached hydrogens (tertiary/aromatic N) is 9. The van der Waals surface area contributed by atoms with E-state index in [1.165, 1.54) is 48.0 Å². The maximum atomic E-state index is 13.2. The van der Waals surface area contributed by atoms with Crippen molar-refractivity contribution in [3.63, 3.8) is 0 Å². The first-order chi connectivity index (χ1) is 28.0. The number of nitrogens with one attached hydrogen (secondary N) is 1. The van der Waals surface area contributed by atoms with Gasteiger partial charge in [0, 0.05) is 113 Å². The molecule has 6 rings (SSSR count). The summed E-state index contributed by atoms with van der Waals surface area (Å²) in [5, 5.41) is 20.8. The summed E-state index contributed by atoms with van der Waals surface area (Å²) in [7, 11) is 0. The van der Waals surface area contributed by atoms with Crippen LogP contribution in [0.25, 0.3) is 0 Å². The number of hydrogen-bond acceptors (Lipinski definition) is 13. The minimum atomic E-state index is -4.49.